The Labute approximate surface area is 131 Å². The fourth-order valence-electron chi connectivity index (χ4n) is 2.99. The standard InChI is InChI=1S/C18H12N2O3/c1-10(21)20-14-9-5-3-7-12(14)18(23)16(20)15-17(22)11-6-2-4-8-13(11)19-15/h2-9,23H,1H3. The van der Waals surface area contributed by atoms with E-state index in [4.69, 9.17) is 0 Å². The van der Waals surface area contributed by atoms with Gasteiger partial charge in [-0.05, 0) is 24.3 Å². The molecular formula is C18H12N2O3. The van der Waals surface area contributed by atoms with Crippen molar-refractivity contribution in [3.63, 3.8) is 0 Å². The van der Waals surface area contributed by atoms with E-state index < -0.39 is 0 Å². The molecule has 1 aromatic heterocycles. The Morgan fingerprint density at radius 1 is 1.09 bits per heavy atom. The predicted octanol–water partition coefficient (Wildman–Crippen LogP) is 3.32. The molecule has 1 aliphatic heterocycles. The Kier molecular flexibility index (Phi) is 2.72. The zero-order valence-electron chi connectivity index (χ0n) is 12.3. The Hall–Kier alpha value is -3.21. The maximum Gasteiger partial charge on any atom is 0.228 e. The molecule has 0 saturated carbocycles. The van der Waals surface area contributed by atoms with Gasteiger partial charge in [-0.2, -0.15) is 0 Å². The summed E-state index contributed by atoms with van der Waals surface area (Å²) in [5.41, 5.74) is 1.82. The molecule has 5 heteroatoms. The number of rotatable bonds is 1. The third-order valence-electron chi connectivity index (χ3n) is 3.98. The third-order valence-corrected chi connectivity index (χ3v) is 3.98. The van der Waals surface area contributed by atoms with Gasteiger partial charge < -0.3 is 5.11 Å². The van der Waals surface area contributed by atoms with Gasteiger partial charge in [0.05, 0.1) is 11.2 Å². The van der Waals surface area contributed by atoms with Crippen molar-refractivity contribution in [3.05, 3.63) is 59.8 Å². The van der Waals surface area contributed by atoms with E-state index >= 15 is 0 Å². The number of aromatic hydroxyl groups is 1. The maximum atomic E-state index is 12.6. The van der Waals surface area contributed by atoms with Crippen molar-refractivity contribution in [2.75, 3.05) is 0 Å². The largest absolute Gasteiger partial charge is 0.505 e. The molecule has 3 aromatic rings. The van der Waals surface area contributed by atoms with Crippen LogP contribution in [-0.4, -0.2) is 27.1 Å². The van der Waals surface area contributed by atoms with E-state index in [0.29, 0.717) is 22.2 Å². The number of carbonyl (C=O) groups excluding carboxylic acids is 2. The fraction of sp³-hybridized carbons (Fsp3) is 0.0556. The fourth-order valence-corrected chi connectivity index (χ4v) is 2.99. The maximum absolute atomic E-state index is 12.6. The highest BCUT2D eigenvalue weighted by Gasteiger charge is 2.32. The van der Waals surface area contributed by atoms with Gasteiger partial charge in [-0.15, -0.1) is 0 Å². The molecule has 5 nitrogen and oxygen atoms in total. The lowest BCUT2D eigenvalue weighted by Gasteiger charge is -2.05. The number of hydrogen-bond acceptors (Lipinski definition) is 4. The highest BCUT2D eigenvalue weighted by Crippen LogP contribution is 2.37. The number of fused-ring (bicyclic) bond motifs is 2. The van der Waals surface area contributed by atoms with Crippen molar-refractivity contribution in [2.45, 2.75) is 6.92 Å². The van der Waals surface area contributed by atoms with Crippen LogP contribution >= 0.6 is 0 Å². The van der Waals surface area contributed by atoms with E-state index in [1.54, 1.807) is 48.5 Å². The number of carbonyl (C=O) groups is 2. The van der Waals surface area contributed by atoms with Crippen LogP contribution in [0, 0.1) is 0 Å². The Balaban J connectivity index is 2.05. The molecule has 0 bridgehead atoms. The van der Waals surface area contributed by atoms with Crippen molar-refractivity contribution >= 4 is 34.0 Å². The van der Waals surface area contributed by atoms with Crippen LogP contribution in [0.2, 0.25) is 0 Å². The second kappa shape index (κ2) is 4.64. The normalized spacial score (nSPS) is 13.3. The smallest absolute Gasteiger partial charge is 0.228 e. The molecule has 0 saturated heterocycles. The number of para-hydroxylation sites is 2. The molecule has 23 heavy (non-hydrogen) atoms. The zero-order chi connectivity index (χ0) is 16.1. The molecule has 0 amide bonds. The molecular weight excluding hydrogens is 292 g/mol. The number of Topliss-reactive ketones (excluding diaryl/α,β-unsaturated/α-hetero) is 1. The van der Waals surface area contributed by atoms with Crippen LogP contribution in [0.25, 0.3) is 10.9 Å². The average Bonchev–Trinajstić information content (AvgIpc) is 3.03. The summed E-state index contributed by atoms with van der Waals surface area (Å²) in [6.07, 6.45) is 0. The van der Waals surface area contributed by atoms with Crippen LogP contribution in [0.1, 0.15) is 27.8 Å². The highest BCUT2D eigenvalue weighted by molar-refractivity contribution is 6.55. The van der Waals surface area contributed by atoms with Gasteiger partial charge in [0.1, 0.15) is 11.4 Å². The summed E-state index contributed by atoms with van der Waals surface area (Å²) in [6.45, 7) is 1.39. The molecule has 112 valence electrons. The Morgan fingerprint density at radius 3 is 2.52 bits per heavy atom. The molecule has 0 atom stereocenters. The second-order valence-corrected chi connectivity index (χ2v) is 5.38. The van der Waals surface area contributed by atoms with E-state index in [0.717, 1.165) is 0 Å². The summed E-state index contributed by atoms with van der Waals surface area (Å²) >= 11 is 0. The Bertz CT molecular complexity index is 1030. The molecule has 1 N–H and O–H groups in total. The molecule has 0 spiro atoms. The quantitative estimate of drug-likeness (QED) is 0.749. The van der Waals surface area contributed by atoms with Crippen LogP contribution < -0.4 is 0 Å². The molecule has 0 aliphatic carbocycles. The number of nitrogens with zero attached hydrogens (tertiary/aromatic N) is 2. The molecule has 2 heterocycles. The summed E-state index contributed by atoms with van der Waals surface area (Å²) in [5, 5.41) is 11.1. The predicted molar refractivity (Wildman–Crippen MR) is 86.9 cm³/mol. The van der Waals surface area contributed by atoms with E-state index in [-0.39, 0.29) is 28.8 Å². The minimum Gasteiger partial charge on any atom is -0.505 e. The lowest BCUT2D eigenvalue weighted by molar-refractivity contribution is 0.0940. The molecule has 4 rings (SSSR count). The summed E-state index contributed by atoms with van der Waals surface area (Å²) in [4.78, 5) is 29.1. The van der Waals surface area contributed by atoms with Crippen LogP contribution in [-0.2, 0) is 0 Å². The summed E-state index contributed by atoms with van der Waals surface area (Å²) < 4.78 is 1.34. The monoisotopic (exact) mass is 304 g/mol. The SMILES string of the molecule is CC(=O)n1c(C2=Nc3ccccc3C2=O)c(O)c2ccccc21. The van der Waals surface area contributed by atoms with Gasteiger partial charge >= 0.3 is 0 Å². The number of aliphatic imine (C=N–C) groups is 1. The van der Waals surface area contributed by atoms with Gasteiger partial charge in [0.2, 0.25) is 11.7 Å². The highest BCUT2D eigenvalue weighted by atomic mass is 16.3. The summed E-state index contributed by atoms with van der Waals surface area (Å²) in [5.74, 6) is -0.681. The summed E-state index contributed by atoms with van der Waals surface area (Å²) in [6, 6.07) is 14.0. The van der Waals surface area contributed by atoms with E-state index in [2.05, 4.69) is 4.99 Å². The molecule has 0 unspecified atom stereocenters. The average molecular weight is 304 g/mol. The number of aromatic nitrogens is 1. The minimum atomic E-state index is -0.291. The molecule has 1 aliphatic rings. The first-order chi connectivity index (χ1) is 11.1. The molecule has 0 fully saturated rings. The molecule has 0 radical (unpaired) electrons. The lowest BCUT2D eigenvalue weighted by atomic mass is 10.1. The van der Waals surface area contributed by atoms with Crippen LogP contribution in [0.3, 0.4) is 0 Å². The van der Waals surface area contributed by atoms with Gasteiger partial charge in [-0.25, -0.2) is 4.99 Å². The molecule has 2 aromatic carbocycles. The summed E-state index contributed by atoms with van der Waals surface area (Å²) in [7, 11) is 0. The first kappa shape index (κ1) is 13.5. The minimum absolute atomic E-state index is 0.0927. The van der Waals surface area contributed by atoms with E-state index in [1.807, 2.05) is 0 Å². The number of ketones is 1. The lowest BCUT2D eigenvalue weighted by Crippen LogP contribution is -2.19. The van der Waals surface area contributed by atoms with Gasteiger partial charge in [0, 0.05) is 17.9 Å². The second-order valence-electron chi connectivity index (χ2n) is 5.38. The van der Waals surface area contributed by atoms with Crippen molar-refractivity contribution < 1.29 is 14.7 Å². The van der Waals surface area contributed by atoms with Crippen molar-refractivity contribution in [2.24, 2.45) is 4.99 Å². The number of hydrogen-bond donors (Lipinski definition) is 1. The van der Waals surface area contributed by atoms with Crippen LogP contribution in [0.15, 0.2) is 53.5 Å². The van der Waals surface area contributed by atoms with Crippen molar-refractivity contribution in [3.8, 4) is 5.75 Å². The van der Waals surface area contributed by atoms with Crippen molar-refractivity contribution in [1.82, 2.24) is 4.57 Å². The van der Waals surface area contributed by atoms with Crippen molar-refractivity contribution in [1.29, 1.82) is 0 Å². The first-order valence-corrected chi connectivity index (χ1v) is 7.15. The van der Waals surface area contributed by atoms with E-state index in [1.165, 1.54) is 11.5 Å². The van der Waals surface area contributed by atoms with E-state index in [9.17, 15) is 14.7 Å². The Morgan fingerprint density at radius 2 is 1.78 bits per heavy atom. The number of benzene rings is 2. The third kappa shape index (κ3) is 1.76. The van der Waals surface area contributed by atoms with Gasteiger partial charge in [-0.1, -0.05) is 24.3 Å². The van der Waals surface area contributed by atoms with Gasteiger partial charge in [0.25, 0.3) is 0 Å². The van der Waals surface area contributed by atoms with Crippen LogP contribution in [0.4, 0.5) is 5.69 Å². The topological polar surface area (TPSA) is 71.7 Å². The van der Waals surface area contributed by atoms with Gasteiger partial charge in [0.15, 0.2) is 5.75 Å². The van der Waals surface area contributed by atoms with Gasteiger partial charge in [-0.3, -0.25) is 14.2 Å². The zero-order valence-corrected chi connectivity index (χ0v) is 12.3. The van der Waals surface area contributed by atoms with Crippen LogP contribution in [0.5, 0.6) is 5.75 Å². The first-order valence-electron chi connectivity index (χ1n) is 7.15.